The Morgan fingerprint density at radius 3 is 3.21 bits per heavy atom. The van der Waals surface area contributed by atoms with Gasteiger partial charge in [0.25, 0.3) is 0 Å². The lowest BCUT2D eigenvalue weighted by Gasteiger charge is -1.99. The monoisotopic (exact) mass is 205 g/mol. The molecule has 14 heavy (non-hydrogen) atoms. The third-order valence-corrected chi connectivity index (χ3v) is 3.12. The van der Waals surface area contributed by atoms with E-state index in [2.05, 4.69) is 10.1 Å². The number of hydrogen-bond donors (Lipinski definition) is 0. The van der Waals surface area contributed by atoms with Gasteiger partial charge in [-0.25, -0.2) is 4.98 Å². The number of benzene rings is 1. The van der Waals surface area contributed by atoms with Crippen molar-refractivity contribution in [1.29, 1.82) is 0 Å². The molecule has 1 aromatic carbocycles. The molecule has 0 aliphatic carbocycles. The molecule has 0 amide bonds. The zero-order valence-corrected chi connectivity index (χ0v) is 8.28. The quantitative estimate of drug-likeness (QED) is 0.609. The molecule has 0 bridgehead atoms. The smallest absolute Gasteiger partial charge is 0.213 e. The fourth-order valence-corrected chi connectivity index (χ4v) is 2.46. The van der Waals surface area contributed by atoms with E-state index in [0.717, 1.165) is 20.9 Å². The van der Waals surface area contributed by atoms with Gasteiger partial charge in [-0.05, 0) is 12.1 Å². The average molecular weight is 205 g/mol. The molecule has 4 nitrogen and oxygen atoms in total. The van der Waals surface area contributed by atoms with E-state index in [1.165, 1.54) is 0 Å². The first-order chi connectivity index (χ1) is 6.90. The summed E-state index contributed by atoms with van der Waals surface area (Å²) in [6.07, 6.45) is 1.55. The SMILES string of the molecule is COc1cccc2sc3ncnn3c12. The lowest BCUT2D eigenvalue weighted by molar-refractivity contribution is 0.418. The molecule has 3 rings (SSSR count). The molecular formula is C9H7N3OS. The molecule has 0 saturated heterocycles. The van der Waals surface area contributed by atoms with Crippen LogP contribution in [0.5, 0.6) is 5.75 Å². The van der Waals surface area contributed by atoms with Crippen molar-refractivity contribution in [2.75, 3.05) is 7.11 Å². The van der Waals surface area contributed by atoms with Gasteiger partial charge in [-0.2, -0.15) is 9.61 Å². The second kappa shape index (κ2) is 2.68. The van der Waals surface area contributed by atoms with Crippen LogP contribution in [0.15, 0.2) is 24.5 Å². The standard InChI is InChI=1S/C9H7N3OS/c1-13-6-3-2-4-7-8(6)12-9(14-7)10-5-11-12/h2-5H,1H3. The fourth-order valence-electron chi connectivity index (χ4n) is 1.51. The molecule has 70 valence electrons. The first-order valence-electron chi connectivity index (χ1n) is 4.15. The number of para-hydroxylation sites is 1. The van der Waals surface area contributed by atoms with Gasteiger partial charge in [-0.3, -0.25) is 0 Å². The number of rotatable bonds is 1. The molecule has 0 saturated carbocycles. The van der Waals surface area contributed by atoms with Crippen molar-refractivity contribution in [2.45, 2.75) is 0 Å². The minimum atomic E-state index is 0.833. The Bertz CT molecular complexity index is 598. The molecule has 0 N–H and O–H groups in total. The Morgan fingerprint density at radius 2 is 2.36 bits per heavy atom. The molecule has 0 unspecified atom stereocenters. The predicted octanol–water partition coefficient (Wildman–Crippen LogP) is 1.95. The fraction of sp³-hybridized carbons (Fsp3) is 0.111. The summed E-state index contributed by atoms with van der Waals surface area (Å²) in [5, 5.41) is 4.15. The van der Waals surface area contributed by atoms with E-state index in [1.54, 1.807) is 29.3 Å². The summed E-state index contributed by atoms with van der Waals surface area (Å²) >= 11 is 1.61. The largest absolute Gasteiger partial charge is 0.494 e. The first-order valence-corrected chi connectivity index (χ1v) is 4.97. The highest BCUT2D eigenvalue weighted by atomic mass is 32.1. The zero-order valence-electron chi connectivity index (χ0n) is 7.47. The van der Waals surface area contributed by atoms with Gasteiger partial charge in [0.1, 0.15) is 17.6 Å². The van der Waals surface area contributed by atoms with Crippen molar-refractivity contribution in [1.82, 2.24) is 14.6 Å². The van der Waals surface area contributed by atoms with E-state index >= 15 is 0 Å². The summed E-state index contributed by atoms with van der Waals surface area (Å²) in [6.45, 7) is 0. The van der Waals surface area contributed by atoms with Crippen molar-refractivity contribution in [2.24, 2.45) is 0 Å². The molecule has 0 aliphatic rings. The Hall–Kier alpha value is -1.62. The Morgan fingerprint density at radius 1 is 1.43 bits per heavy atom. The second-order valence-electron chi connectivity index (χ2n) is 2.86. The highest BCUT2D eigenvalue weighted by Gasteiger charge is 2.10. The molecule has 0 spiro atoms. The van der Waals surface area contributed by atoms with Gasteiger partial charge in [-0.15, -0.1) is 0 Å². The maximum Gasteiger partial charge on any atom is 0.213 e. The number of methoxy groups -OCH3 is 1. The average Bonchev–Trinajstić information content (AvgIpc) is 2.75. The van der Waals surface area contributed by atoms with E-state index in [4.69, 9.17) is 4.74 Å². The molecule has 0 aliphatic heterocycles. The summed E-state index contributed by atoms with van der Waals surface area (Å²) in [4.78, 5) is 5.04. The molecule has 2 heterocycles. The predicted molar refractivity (Wildman–Crippen MR) is 54.9 cm³/mol. The van der Waals surface area contributed by atoms with Gasteiger partial charge in [0.2, 0.25) is 4.96 Å². The van der Waals surface area contributed by atoms with Crippen molar-refractivity contribution < 1.29 is 4.74 Å². The number of nitrogens with zero attached hydrogens (tertiary/aromatic N) is 3. The van der Waals surface area contributed by atoms with E-state index in [-0.39, 0.29) is 0 Å². The highest BCUT2D eigenvalue weighted by Crippen LogP contribution is 2.31. The van der Waals surface area contributed by atoms with Gasteiger partial charge in [-0.1, -0.05) is 17.4 Å². The summed E-state index contributed by atoms with van der Waals surface area (Å²) < 4.78 is 8.22. The second-order valence-corrected chi connectivity index (χ2v) is 3.87. The third kappa shape index (κ3) is 0.871. The van der Waals surface area contributed by atoms with Gasteiger partial charge in [0, 0.05) is 0 Å². The van der Waals surface area contributed by atoms with Crippen molar-refractivity contribution in [3.8, 4) is 5.75 Å². The molecule has 0 fully saturated rings. The number of ether oxygens (including phenoxy) is 1. The van der Waals surface area contributed by atoms with Gasteiger partial charge in [0.15, 0.2) is 0 Å². The summed E-state index contributed by atoms with van der Waals surface area (Å²) in [6, 6.07) is 5.94. The Balaban J connectivity index is 2.57. The third-order valence-electron chi connectivity index (χ3n) is 2.11. The Labute approximate surface area is 83.8 Å². The van der Waals surface area contributed by atoms with E-state index in [0.29, 0.717) is 0 Å². The summed E-state index contributed by atoms with van der Waals surface area (Å²) in [5.41, 5.74) is 0.993. The highest BCUT2D eigenvalue weighted by molar-refractivity contribution is 7.23. The van der Waals surface area contributed by atoms with E-state index in [9.17, 15) is 0 Å². The normalized spacial score (nSPS) is 11.2. The van der Waals surface area contributed by atoms with Crippen molar-refractivity contribution >= 4 is 26.5 Å². The van der Waals surface area contributed by atoms with Crippen LogP contribution >= 0.6 is 11.3 Å². The van der Waals surface area contributed by atoms with Crippen LogP contribution in [-0.2, 0) is 0 Å². The minimum Gasteiger partial charge on any atom is -0.494 e. The minimum absolute atomic E-state index is 0.833. The van der Waals surface area contributed by atoms with Crippen LogP contribution in [0.3, 0.4) is 0 Å². The zero-order chi connectivity index (χ0) is 9.54. The van der Waals surface area contributed by atoms with E-state index in [1.807, 2.05) is 18.2 Å². The summed E-state index contributed by atoms with van der Waals surface area (Å²) in [7, 11) is 1.66. The van der Waals surface area contributed by atoms with Crippen LogP contribution < -0.4 is 4.74 Å². The van der Waals surface area contributed by atoms with Gasteiger partial charge in [0.05, 0.1) is 11.8 Å². The molecule has 2 aromatic heterocycles. The Kier molecular flexibility index (Phi) is 1.49. The van der Waals surface area contributed by atoms with Crippen LogP contribution in [0.4, 0.5) is 0 Å². The molecule has 5 heteroatoms. The number of thiazole rings is 1. The maximum atomic E-state index is 5.28. The first kappa shape index (κ1) is 7.75. The lowest BCUT2D eigenvalue weighted by atomic mass is 10.3. The molecular weight excluding hydrogens is 198 g/mol. The van der Waals surface area contributed by atoms with E-state index < -0.39 is 0 Å². The topological polar surface area (TPSA) is 39.4 Å². The summed E-state index contributed by atoms with van der Waals surface area (Å²) in [5.74, 6) is 0.833. The van der Waals surface area contributed by atoms with Gasteiger partial charge < -0.3 is 4.74 Å². The van der Waals surface area contributed by atoms with Crippen molar-refractivity contribution in [3.63, 3.8) is 0 Å². The number of aromatic nitrogens is 3. The molecule has 3 aromatic rings. The van der Waals surface area contributed by atoms with Crippen LogP contribution in [0.25, 0.3) is 15.2 Å². The molecule has 0 radical (unpaired) electrons. The number of fused-ring (bicyclic) bond motifs is 3. The number of hydrogen-bond acceptors (Lipinski definition) is 4. The lowest BCUT2D eigenvalue weighted by Crippen LogP contribution is -1.88. The maximum absolute atomic E-state index is 5.28. The molecule has 0 atom stereocenters. The van der Waals surface area contributed by atoms with Crippen LogP contribution in [0.1, 0.15) is 0 Å². The van der Waals surface area contributed by atoms with Gasteiger partial charge >= 0.3 is 0 Å². The van der Waals surface area contributed by atoms with Crippen LogP contribution in [0, 0.1) is 0 Å². The van der Waals surface area contributed by atoms with Crippen molar-refractivity contribution in [3.05, 3.63) is 24.5 Å². The van der Waals surface area contributed by atoms with Crippen LogP contribution in [-0.4, -0.2) is 21.7 Å². The van der Waals surface area contributed by atoms with Crippen LogP contribution in [0.2, 0.25) is 0 Å².